The summed E-state index contributed by atoms with van der Waals surface area (Å²) >= 11 is 0. The summed E-state index contributed by atoms with van der Waals surface area (Å²) in [5, 5.41) is 87.8. The molecule has 0 radical (unpaired) electrons. The second-order valence-electron chi connectivity index (χ2n) is 31.0. The van der Waals surface area contributed by atoms with Crippen LogP contribution >= 0.6 is 0 Å². The fraction of sp³-hybridized carbons (Fsp3) is 0.815. The zero-order valence-corrected chi connectivity index (χ0v) is 67.9. The van der Waals surface area contributed by atoms with Gasteiger partial charge in [-0.15, -0.1) is 0 Å². The molecule has 0 bridgehead atoms. The first-order valence-electron chi connectivity index (χ1n) is 44.5. The Morgan fingerprint density at radius 3 is 1.04 bits per heavy atom. The number of carbonyl (C=O) groups excluding carboxylic acids is 1. The van der Waals surface area contributed by atoms with Crippen molar-refractivity contribution >= 4 is 5.91 Å². The number of hydrogen-bond donors (Lipinski definition) is 9. The predicted molar refractivity (Wildman–Crippen MR) is 443 cm³/mol. The Bertz CT molecular complexity index is 2160. The van der Waals surface area contributed by atoms with E-state index < -0.39 is 86.8 Å². The molecule has 2 rings (SSSR count). The highest BCUT2D eigenvalue weighted by Crippen LogP contribution is 2.30. The number of carbonyl (C=O) groups is 1. The van der Waals surface area contributed by atoms with E-state index >= 15 is 0 Å². The number of aliphatic hydroxyl groups is 8. The van der Waals surface area contributed by atoms with Crippen LogP contribution in [0.4, 0.5) is 0 Å². The molecule has 0 aromatic carbocycles. The van der Waals surface area contributed by atoms with Crippen LogP contribution in [0.2, 0.25) is 0 Å². The smallest absolute Gasteiger partial charge is 0.220 e. The van der Waals surface area contributed by atoms with Crippen LogP contribution in [0.1, 0.15) is 386 Å². The summed E-state index contributed by atoms with van der Waals surface area (Å²) in [5.74, 6) is -0.248. The second-order valence-corrected chi connectivity index (χ2v) is 31.0. The fourth-order valence-electron chi connectivity index (χ4n) is 14.3. The lowest BCUT2D eigenvalue weighted by molar-refractivity contribution is -0.359. The highest BCUT2D eigenvalue weighted by molar-refractivity contribution is 5.76. The molecule has 106 heavy (non-hydrogen) atoms. The van der Waals surface area contributed by atoms with Crippen LogP contribution in [0.15, 0.2) is 97.2 Å². The summed E-state index contributed by atoms with van der Waals surface area (Å²) in [6.07, 6.45) is 91.0. The Kier molecular flexibility index (Phi) is 69.7. The zero-order valence-electron chi connectivity index (χ0n) is 67.9. The minimum atomic E-state index is -1.80. The number of nitrogens with one attached hydrogen (secondary N) is 1. The Labute approximate surface area is 649 Å². The summed E-state index contributed by atoms with van der Waals surface area (Å²) in [6, 6.07) is -0.943. The molecule has 2 aliphatic heterocycles. The number of hydrogen-bond acceptors (Lipinski definition) is 13. The zero-order chi connectivity index (χ0) is 76.5. The van der Waals surface area contributed by atoms with E-state index in [1.165, 1.54) is 276 Å². The van der Waals surface area contributed by atoms with Crippen LogP contribution in [0.3, 0.4) is 0 Å². The number of ether oxygens (including phenoxy) is 4. The van der Waals surface area contributed by atoms with Gasteiger partial charge >= 0.3 is 0 Å². The van der Waals surface area contributed by atoms with Gasteiger partial charge in [-0.2, -0.15) is 0 Å². The molecule has 2 aliphatic rings. The maximum absolute atomic E-state index is 13.4. The van der Waals surface area contributed by atoms with Crippen molar-refractivity contribution in [3.05, 3.63) is 97.2 Å². The largest absolute Gasteiger partial charge is 0.394 e. The molecule has 2 heterocycles. The molecule has 14 nitrogen and oxygen atoms in total. The van der Waals surface area contributed by atoms with Gasteiger partial charge in [0.05, 0.1) is 32.0 Å². The first-order valence-corrected chi connectivity index (χ1v) is 44.5. The number of unbranched alkanes of at least 4 members (excludes halogenated alkanes) is 48. The lowest BCUT2D eigenvalue weighted by Gasteiger charge is -2.46. The van der Waals surface area contributed by atoms with Crippen LogP contribution in [0.25, 0.3) is 0 Å². The SMILES string of the molecule is CC/C=C\C/C=C\C/C=C\C/C=C\C/C=C\CCCCCCCCCCCCCCCCCCCCCCCCCC(=O)NC(COC1OC(CO)C(OC2OC(CO)C(O)C(O)C2O)C(O)C1O)C(O)/C=C/CC/C=C/CC/C=C/CCCCCCCCCCCCCCCCCCCCCCCCC. The van der Waals surface area contributed by atoms with E-state index in [0.29, 0.717) is 12.8 Å². The van der Waals surface area contributed by atoms with Crippen molar-refractivity contribution in [2.45, 2.75) is 460 Å². The molecular formula is C92H165NO13. The van der Waals surface area contributed by atoms with Crippen molar-refractivity contribution in [2.75, 3.05) is 19.8 Å². The minimum Gasteiger partial charge on any atom is -0.394 e. The van der Waals surface area contributed by atoms with E-state index in [1.807, 2.05) is 6.08 Å². The third-order valence-corrected chi connectivity index (χ3v) is 21.2. The van der Waals surface area contributed by atoms with Gasteiger partial charge in [-0.3, -0.25) is 4.79 Å². The van der Waals surface area contributed by atoms with Crippen LogP contribution in [0.5, 0.6) is 0 Å². The molecule has 616 valence electrons. The van der Waals surface area contributed by atoms with Gasteiger partial charge in [-0.1, -0.05) is 387 Å². The van der Waals surface area contributed by atoms with Crippen molar-refractivity contribution in [3.63, 3.8) is 0 Å². The average molecular weight is 1490 g/mol. The molecule has 0 spiro atoms. The summed E-state index contributed by atoms with van der Waals surface area (Å²) in [7, 11) is 0. The lowest BCUT2D eigenvalue weighted by atomic mass is 9.97. The molecular weight excluding hydrogens is 1330 g/mol. The van der Waals surface area contributed by atoms with E-state index in [1.54, 1.807) is 6.08 Å². The van der Waals surface area contributed by atoms with Crippen LogP contribution < -0.4 is 5.32 Å². The van der Waals surface area contributed by atoms with Crippen molar-refractivity contribution in [3.8, 4) is 0 Å². The molecule has 0 aromatic heterocycles. The van der Waals surface area contributed by atoms with E-state index in [9.17, 15) is 45.6 Å². The second kappa shape index (κ2) is 74.6. The standard InChI is InChI=1S/C92H165NO13/c1-3-5-7-9-11-13-15-17-19-21-23-25-27-29-31-33-35-37-38-39-40-41-42-44-46-48-50-52-54-56-58-60-62-64-66-68-70-72-74-76-84(97)93-80(79-103-91-89(102)87(100)90(83(78-95)105-91)106-92-88(101)86(99)85(98)82(77-94)104-92)81(96)75-73-71-69-67-65-63-61-59-57-55-53-51-49-47-45-43-36-34-32-30-28-26-24-22-20-18-16-14-12-10-8-6-4-2/h5,7,11,13,17,19,23,25,29,31,57,59,65,67,73,75,80-83,85-92,94-96,98-102H,3-4,6,8-10,12,14-16,18,20-22,24,26-28,30,32-56,58,60-64,66,68-72,74,76-79H2,1-2H3,(H,93,97)/b7-5-,13-11-,19-17-,25-23-,31-29-,59-57+,67-65+,75-73+. The van der Waals surface area contributed by atoms with Crippen LogP contribution in [-0.2, 0) is 23.7 Å². The van der Waals surface area contributed by atoms with Gasteiger partial charge in [0, 0.05) is 6.42 Å². The van der Waals surface area contributed by atoms with E-state index in [-0.39, 0.29) is 18.9 Å². The molecule has 0 aliphatic carbocycles. The number of allylic oxidation sites excluding steroid dienone is 15. The van der Waals surface area contributed by atoms with E-state index in [2.05, 4.69) is 104 Å². The van der Waals surface area contributed by atoms with Crippen molar-refractivity contribution < 1.29 is 64.6 Å². The highest BCUT2D eigenvalue weighted by atomic mass is 16.7. The normalized spacial score (nSPS) is 21.8. The first kappa shape index (κ1) is 99.0. The first-order chi connectivity index (χ1) is 52.1. The molecule has 0 aromatic rings. The Morgan fingerprint density at radius 1 is 0.349 bits per heavy atom. The lowest BCUT2D eigenvalue weighted by Crippen LogP contribution is -2.65. The van der Waals surface area contributed by atoms with E-state index in [0.717, 1.165) is 77.0 Å². The van der Waals surface area contributed by atoms with Crippen molar-refractivity contribution in [1.29, 1.82) is 0 Å². The fourth-order valence-corrected chi connectivity index (χ4v) is 14.3. The summed E-state index contributed by atoms with van der Waals surface area (Å²) in [5.41, 5.74) is 0. The molecule has 2 fully saturated rings. The van der Waals surface area contributed by atoms with Crippen LogP contribution in [-0.4, -0.2) is 140 Å². The molecule has 0 saturated carbocycles. The highest BCUT2D eigenvalue weighted by Gasteiger charge is 2.51. The van der Waals surface area contributed by atoms with Gasteiger partial charge in [0.1, 0.15) is 48.8 Å². The molecule has 2 saturated heterocycles. The quantitative estimate of drug-likeness (QED) is 0.0204. The van der Waals surface area contributed by atoms with Gasteiger partial charge in [-0.05, 0) is 89.9 Å². The summed E-state index contributed by atoms with van der Waals surface area (Å²) in [6.45, 7) is 2.72. The Morgan fingerprint density at radius 2 is 0.660 bits per heavy atom. The van der Waals surface area contributed by atoms with Gasteiger partial charge in [-0.25, -0.2) is 0 Å². The van der Waals surface area contributed by atoms with Gasteiger partial charge in [0.2, 0.25) is 5.91 Å². The van der Waals surface area contributed by atoms with Gasteiger partial charge in [0.15, 0.2) is 12.6 Å². The summed E-state index contributed by atoms with van der Waals surface area (Å²) < 4.78 is 22.9. The monoisotopic (exact) mass is 1490 g/mol. The molecule has 14 heteroatoms. The van der Waals surface area contributed by atoms with Gasteiger partial charge in [0.25, 0.3) is 0 Å². The van der Waals surface area contributed by atoms with Crippen molar-refractivity contribution in [1.82, 2.24) is 5.32 Å². The van der Waals surface area contributed by atoms with E-state index in [4.69, 9.17) is 18.9 Å². The summed E-state index contributed by atoms with van der Waals surface area (Å²) in [4.78, 5) is 13.4. The minimum absolute atomic E-state index is 0.248. The maximum Gasteiger partial charge on any atom is 0.220 e. The molecule has 12 atom stereocenters. The molecule has 9 N–H and O–H groups in total. The van der Waals surface area contributed by atoms with Gasteiger partial charge < -0.3 is 65.1 Å². The molecule has 12 unspecified atom stereocenters. The number of amides is 1. The third kappa shape index (κ3) is 56.2. The topological polar surface area (TPSA) is 228 Å². The Balaban J connectivity index is 1.58. The predicted octanol–water partition coefficient (Wildman–Crippen LogP) is 21.6. The maximum atomic E-state index is 13.4. The van der Waals surface area contributed by atoms with Crippen molar-refractivity contribution in [2.24, 2.45) is 0 Å². The third-order valence-electron chi connectivity index (χ3n) is 21.2. The average Bonchev–Trinajstić information content (AvgIpc) is 0.789. The van der Waals surface area contributed by atoms with Crippen LogP contribution in [0, 0.1) is 0 Å². The Hall–Kier alpha value is -3.09. The number of rotatable bonds is 75. The number of aliphatic hydroxyl groups excluding tert-OH is 8. The molecule has 1 amide bonds.